The highest BCUT2D eigenvalue weighted by Crippen LogP contribution is 2.45. The fourth-order valence-electron chi connectivity index (χ4n) is 5.50. The van der Waals surface area contributed by atoms with E-state index in [2.05, 4.69) is 10.3 Å². The van der Waals surface area contributed by atoms with Crippen molar-refractivity contribution in [3.05, 3.63) is 101 Å². The van der Waals surface area contributed by atoms with Crippen LogP contribution in [0.5, 0.6) is 0 Å². The molecule has 8 nitrogen and oxygen atoms in total. The van der Waals surface area contributed by atoms with Crippen LogP contribution >= 0.6 is 0 Å². The van der Waals surface area contributed by atoms with Gasteiger partial charge in [-0.15, -0.1) is 0 Å². The highest BCUT2D eigenvalue weighted by molar-refractivity contribution is 6.24. The summed E-state index contributed by atoms with van der Waals surface area (Å²) in [6.07, 6.45) is 0.395. The number of rotatable bonds is 6. The predicted molar refractivity (Wildman–Crippen MR) is 139 cm³/mol. The van der Waals surface area contributed by atoms with Crippen molar-refractivity contribution in [3.63, 3.8) is 0 Å². The van der Waals surface area contributed by atoms with E-state index < -0.39 is 18.1 Å². The molecule has 2 N–H and O–H groups in total. The molecule has 0 aliphatic carbocycles. The highest BCUT2D eigenvalue weighted by Gasteiger charge is 2.53. The molecular weight excluding hydrogens is 468 g/mol. The van der Waals surface area contributed by atoms with E-state index in [-0.39, 0.29) is 23.1 Å². The zero-order valence-corrected chi connectivity index (χ0v) is 20.3. The molecule has 8 heteroatoms. The summed E-state index contributed by atoms with van der Waals surface area (Å²) in [5.41, 5.74) is 4.39. The second-order valence-corrected chi connectivity index (χ2v) is 9.23. The topological polar surface area (TPSA) is 94.7 Å². The molecule has 3 heterocycles. The maximum absolute atomic E-state index is 14.1. The van der Waals surface area contributed by atoms with Gasteiger partial charge in [-0.1, -0.05) is 60.7 Å². The highest BCUT2D eigenvalue weighted by atomic mass is 16.5. The van der Waals surface area contributed by atoms with Gasteiger partial charge in [0.05, 0.1) is 17.9 Å². The third-order valence-electron chi connectivity index (χ3n) is 7.15. The fraction of sp³-hybridized carbons (Fsp3) is 0.207. The van der Waals surface area contributed by atoms with Gasteiger partial charge in [-0.3, -0.25) is 14.5 Å². The molecule has 0 bridgehead atoms. The third-order valence-corrected chi connectivity index (χ3v) is 7.15. The lowest BCUT2D eigenvalue weighted by molar-refractivity contribution is -0.120. The number of fused-ring (bicyclic) bond motifs is 4. The number of methoxy groups -OCH3 is 1. The van der Waals surface area contributed by atoms with Gasteiger partial charge in [0.15, 0.2) is 0 Å². The summed E-state index contributed by atoms with van der Waals surface area (Å²) >= 11 is 0. The molecule has 37 heavy (non-hydrogen) atoms. The smallest absolute Gasteiger partial charge is 0.332 e. The monoisotopic (exact) mass is 494 g/mol. The first kappa shape index (κ1) is 23.0. The number of H-pyrrole nitrogens is 1. The summed E-state index contributed by atoms with van der Waals surface area (Å²) in [6.45, 7) is 0.675. The summed E-state index contributed by atoms with van der Waals surface area (Å²) in [7, 11) is 1.56. The molecule has 1 aromatic heterocycles. The van der Waals surface area contributed by atoms with Gasteiger partial charge in [0.25, 0.3) is 11.8 Å². The minimum Gasteiger partial charge on any atom is -0.383 e. The Bertz CT molecular complexity index is 1510. The van der Waals surface area contributed by atoms with Crippen LogP contribution in [0, 0.1) is 0 Å². The van der Waals surface area contributed by atoms with Gasteiger partial charge in [-0.05, 0) is 29.3 Å². The molecule has 0 saturated carbocycles. The van der Waals surface area contributed by atoms with Gasteiger partial charge in [-0.25, -0.2) is 9.69 Å². The lowest BCUT2D eigenvalue weighted by atomic mass is 9.89. The predicted octanol–water partition coefficient (Wildman–Crippen LogP) is 4.03. The lowest BCUT2D eigenvalue weighted by Gasteiger charge is -2.36. The number of nitrogens with one attached hydrogen (secondary N) is 2. The van der Waals surface area contributed by atoms with Crippen molar-refractivity contribution in [2.24, 2.45) is 0 Å². The van der Waals surface area contributed by atoms with Gasteiger partial charge in [0, 0.05) is 36.7 Å². The molecular formula is C29H26N4O4. The Morgan fingerprint density at radius 3 is 2.54 bits per heavy atom. The van der Waals surface area contributed by atoms with Crippen LogP contribution in [0.25, 0.3) is 10.9 Å². The molecule has 2 aliphatic rings. The van der Waals surface area contributed by atoms with E-state index in [9.17, 15) is 14.4 Å². The number of nitrogens with zero attached hydrogens (tertiary/aromatic N) is 2. The fourth-order valence-corrected chi connectivity index (χ4v) is 5.50. The molecule has 3 aromatic carbocycles. The molecule has 4 aromatic rings. The number of carbonyl (C=O) groups excluding carboxylic acids is 3. The Labute approximate surface area is 213 Å². The molecule has 2 atom stereocenters. The van der Waals surface area contributed by atoms with Crippen LogP contribution < -0.4 is 10.2 Å². The van der Waals surface area contributed by atoms with Crippen LogP contribution in [0.4, 0.5) is 10.5 Å². The maximum Gasteiger partial charge on any atom is 0.332 e. The number of para-hydroxylation sites is 2. The van der Waals surface area contributed by atoms with E-state index in [0.29, 0.717) is 19.6 Å². The Kier molecular flexibility index (Phi) is 5.73. The van der Waals surface area contributed by atoms with Crippen LogP contribution in [0.15, 0.2) is 78.9 Å². The molecule has 0 spiro atoms. The first-order chi connectivity index (χ1) is 18.1. The Balaban J connectivity index is 1.45. The Morgan fingerprint density at radius 2 is 1.73 bits per heavy atom. The summed E-state index contributed by atoms with van der Waals surface area (Å²) in [4.78, 5) is 47.3. The van der Waals surface area contributed by atoms with Crippen molar-refractivity contribution in [3.8, 4) is 0 Å². The largest absolute Gasteiger partial charge is 0.383 e. The Hall–Kier alpha value is -4.43. The van der Waals surface area contributed by atoms with Crippen molar-refractivity contribution in [1.29, 1.82) is 0 Å². The number of carbonyl (C=O) groups is 3. The molecule has 6 rings (SSSR count). The number of ether oxygens (including phenoxy) is 1. The number of aromatic amines is 1. The average Bonchev–Trinajstić information content (AvgIpc) is 3.42. The molecule has 2 aliphatic heterocycles. The van der Waals surface area contributed by atoms with Crippen molar-refractivity contribution in [2.75, 3.05) is 25.2 Å². The molecule has 1 saturated heterocycles. The van der Waals surface area contributed by atoms with Crippen LogP contribution in [0.1, 0.15) is 33.2 Å². The molecule has 186 valence electrons. The van der Waals surface area contributed by atoms with Gasteiger partial charge < -0.3 is 15.0 Å². The summed E-state index contributed by atoms with van der Waals surface area (Å²) in [6, 6.07) is 22.9. The number of imide groups is 1. The van der Waals surface area contributed by atoms with Gasteiger partial charge in [0.2, 0.25) is 0 Å². The van der Waals surface area contributed by atoms with Crippen molar-refractivity contribution in [2.45, 2.75) is 18.5 Å². The zero-order valence-electron chi connectivity index (χ0n) is 20.3. The second kappa shape index (κ2) is 9.22. The molecule has 4 amide bonds. The summed E-state index contributed by atoms with van der Waals surface area (Å²) in [5.74, 6) is -0.701. The van der Waals surface area contributed by atoms with Gasteiger partial charge in [0.1, 0.15) is 12.1 Å². The first-order valence-electron chi connectivity index (χ1n) is 12.3. The number of urea groups is 1. The Morgan fingerprint density at radius 1 is 1.00 bits per heavy atom. The number of anilines is 1. The van der Waals surface area contributed by atoms with E-state index in [1.54, 1.807) is 36.3 Å². The van der Waals surface area contributed by atoms with Gasteiger partial charge in [-0.2, -0.15) is 0 Å². The van der Waals surface area contributed by atoms with E-state index in [4.69, 9.17) is 4.74 Å². The van der Waals surface area contributed by atoms with Crippen LogP contribution in [0.3, 0.4) is 0 Å². The van der Waals surface area contributed by atoms with Crippen molar-refractivity contribution in [1.82, 2.24) is 15.2 Å². The molecule has 1 unspecified atom stereocenters. The average molecular weight is 495 g/mol. The molecule has 0 radical (unpaired) electrons. The lowest BCUT2D eigenvalue weighted by Crippen LogP contribution is -2.44. The number of aromatic nitrogens is 1. The minimum absolute atomic E-state index is 0.264. The second-order valence-electron chi connectivity index (χ2n) is 9.23. The zero-order chi connectivity index (χ0) is 25.5. The van der Waals surface area contributed by atoms with E-state index in [1.165, 1.54) is 4.90 Å². The van der Waals surface area contributed by atoms with E-state index >= 15 is 0 Å². The third kappa shape index (κ3) is 3.68. The van der Waals surface area contributed by atoms with Crippen LogP contribution in [-0.2, 0) is 16.0 Å². The van der Waals surface area contributed by atoms with E-state index in [1.807, 2.05) is 54.6 Å². The minimum atomic E-state index is -0.686. The van der Waals surface area contributed by atoms with Crippen LogP contribution in [0.2, 0.25) is 0 Å². The van der Waals surface area contributed by atoms with Gasteiger partial charge >= 0.3 is 6.03 Å². The summed E-state index contributed by atoms with van der Waals surface area (Å²) in [5, 5.41) is 3.84. The number of hydrogen-bond acceptors (Lipinski definition) is 4. The first-order valence-corrected chi connectivity index (χ1v) is 12.3. The van der Waals surface area contributed by atoms with E-state index in [0.717, 1.165) is 27.7 Å². The molecule has 1 fully saturated rings. The number of amides is 4. The quantitative estimate of drug-likeness (QED) is 0.313. The van der Waals surface area contributed by atoms with Crippen molar-refractivity contribution >= 4 is 34.4 Å². The van der Waals surface area contributed by atoms with Crippen molar-refractivity contribution < 1.29 is 19.1 Å². The standard InChI is InChI=1S/C29H26N4O4/c1-37-16-15-30-27(34)20-12-6-8-14-23(20)33-28(35)24-17-21-19-11-5-7-13-22(19)31-25(21)26(32(24)29(33)36)18-9-3-2-4-10-18/h2-14,24,26,31H,15-17H2,1H3,(H,30,34)/t24-,26?/m0/s1. The normalized spacial score (nSPS) is 18.7. The van der Waals surface area contributed by atoms with Crippen LogP contribution in [-0.4, -0.2) is 54.0 Å². The number of benzene rings is 3. The maximum atomic E-state index is 14.1. The summed E-state index contributed by atoms with van der Waals surface area (Å²) < 4.78 is 5.02. The number of hydrogen-bond donors (Lipinski definition) is 2. The SMILES string of the molecule is COCCNC(=O)c1ccccc1N1C(=O)[C@@H]2Cc3c([nH]c4ccccc34)C(c3ccccc3)N2C1=O.